The van der Waals surface area contributed by atoms with Crippen LogP contribution in [0.3, 0.4) is 0 Å². The van der Waals surface area contributed by atoms with Crippen molar-refractivity contribution in [2.45, 2.75) is 77.2 Å². The molecule has 122 valence electrons. The van der Waals surface area contributed by atoms with Gasteiger partial charge in [0.15, 0.2) is 0 Å². The summed E-state index contributed by atoms with van der Waals surface area (Å²) in [4.78, 5) is 23.1. The molecule has 0 unspecified atom stereocenters. The quantitative estimate of drug-likeness (QED) is 0.643. The van der Waals surface area contributed by atoms with Crippen LogP contribution >= 0.6 is 0 Å². The average Bonchev–Trinajstić information content (AvgIpc) is 2.49. The predicted octanol–water partition coefficient (Wildman–Crippen LogP) is 3.13. The van der Waals surface area contributed by atoms with E-state index < -0.39 is 0 Å². The molecule has 0 aromatic rings. The smallest absolute Gasteiger partial charge is 0.407 e. The van der Waals surface area contributed by atoms with Crippen LogP contribution in [-0.4, -0.2) is 31.2 Å². The van der Waals surface area contributed by atoms with Crippen LogP contribution < -0.4 is 10.6 Å². The highest BCUT2D eigenvalue weighted by atomic mass is 16.5. The van der Waals surface area contributed by atoms with Gasteiger partial charge in [-0.2, -0.15) is 0 Å². The Labute approximate surface area is 128 Å². The second kappa shape index (κ2) is 11.4. The molecule has 2 amide bonds. The Hall–Kier alpha value is -1.26. The largest absolute Gasteiger partial charge is 0.448 e. The summed E-state index contributed by atoms with van der Waals surface area (Å²) in [7, 11) is 0. The van der Waals surface area contributed by atoms with Gasteiger partial charge in [-0.25, -0.2) is 4.79 Å². The van der Waals surface area contributed by atoms with Crippen molar-refractivity contribution in [3.05, 3.63) is 0 Å². The van der Waals surface area contributed by atoms with Crippen molar-refractivity contribution in [3.8, 4) is 0 Å². The molecule has 0 bridgehead atoms. The molecule has 1 fully saturated rings. The fraction of sp³-hybridized carbons (Fsp3) is 0.875. The van der Waals surface area contributed by atoms with Crippen molar-refractivity contribution in [2.75, 3.05) is 13.2 Å². The van der Waals surface area contributed by atoms with Crippen LogP contribution in [0.15, 0.2) is 0 Å². The van der Waals surface area contributed by atoms with Gasteiger partial charge in [-0.1, -0.05) is 45.4 Å². The highest BCUT2D eigenvalue weighted by Gasteiger charge is 2.16. The molecular weight excluding hydrogens is 268 g/mol. The molecule has 1 rings (SSSR count). The number of rotatable bonds is 9. The van der Waals surface area contributed by atoms with Crippen LogP contribution in [0.1, 0.15) is 71.1 Å². The Balaban J connectivity index is 1.95. The summed E-state index contributed by atoms with van der Waals surface area (Å²) in [6, 6.07) is 0.263. The van der Waals surface area contributed by atoms with Crippen LogP contribution in [0.2, 0.25) is 0 Å². The third-order valence-corrected chi connectivity index (χ3v) is 3.84. The molecule has 1 saturated carbocycles. The summed E-state index contributed by atoms with van der Waals surface area (Å²) in [6.07, 6.45) is 10.3. The number of hydrogen-bond acceptors (Lipinski definition) is 3. The number of carbonyl (C=O) groups excluding carboxylic acids is 2. The third-order valence-electron chi connectivity index (χ3n) is 3.84. The van der Waals surface area contributed by atoms with E-state index in [4.69, 9.17) is 4.74 Å². The normalized spacial score (nSPS) is 15.5. The van der Waals surface area contributed by atoms with Crippen molar-refractivity contribution < 1.29 is 14.3 Å². The van der Waals surface area contributed by atoms with Gasteiger partial charge in [0.25, 0.3) is 0 Å². The zero-order valence-electron chi connectivity index (χ0n) is 13.3. The van der Waals surface area contributed by atoms with Crippen molar-refractivity contribution in [1.29, 1.82) is 0 Å². The molecule has 1 aliphatic carbocycles. The lowest BCUT2D eigenvalue weighted by Gasteiger charge is -2.22. The lowest BCUT2D eigenvalue weighted by atomic mass is 9.96. The monoisotopic (exact) mass is 298 g/mol. The Kier molecular flexibility index (Phi) is 9.66. The number of nitrogens with one attached hydrogen (secondary N) is 2. The fourth-order valence-electron chi connectivity index (χ4n) is 2.59. The first-order chi connectivity index (χ1) is 10.2. The maximum atomic E-state index is 11.6. The summed E-state index contributed by atoms with van der Waals surface area (Å²) >= 11 is 0. The Morgan fingerprint density at radius 1 is 1.10 bits per heavy atom. The van der Waals surface area contributed by atoms with E-state index in [-0.39, 0.29) is 24.6 Å². The number of hydrogen-bond donors (Lipinski definition) is 2. The van der Waals surface area contributed by atoms with Crippen LogP contribution in [0.25, 0.3) is 0 Å². The Bertz CT molecular complexity index is 302. The van der Waals surface area contributed by atoms with Gasteiger partial charge in [0, 0.05) is 12.5 Å². The standard InChI is InChI=1S/C16H30N2O3/c1-2-3-4-8-11-15(19)17-12-13-21-16(20)18-14-9-6-5-7-10-14/h14H,2-13H2,1H3,(H,17,19)(H,18,20). The van der Waals surface area contributed by atoms with Crippen molar-refractivity contribution >= 4 is 12.0 Å². The van der Waals surface area contributed by atoms with Gasteiger partial charge in [-0.05, 0) is 19.3 Å². The molecule has 0 atom stereocenters. The van der Waals surface area contributed by atoms with Gasteiger partial charge in [0.1, 0.15) is 6.61 Å². The number of carbonyl (C=O) groups is 2. The predicted molar refractivity (Wildman–Crippen MR) is 83.1 cm³/mol. The Morgan fingerprint density at radius 2 is 1.86 bits per heavy atom. The van der Waals surface area contributed by atoms with Gasteiger partial charge >= 0.3 is 6.09 Å². The van der Waals surface area contributed by atoms with Crippen LogP contribution in [0, 0.1) is 0 Å². The zero-order valence-corrected chi connectivity index (χ0v) is 13.3. The molecule has 2 N–H and O–H groups in total. The van der Waals surface area contributed by atoms with Crippen molar-refractivity contribution in [2.24, 2.45) is 0 Å². The lowest BCUT2D eigenvalue weighted by molar-refractivity contribution is -0.121. The number of alkyl carbamates (subject to hydrolysis) is 1. The molecule has 0 radical (unpaired) electrons. The molecule has 0 aliphatic heterocycles. The van der Waals surface area contributed by atoms with Gasteiger partial charge in [-0.3, -0.25) is 4.79 Å². The van der Waals surface area contributed by atoms with Crippen molar-refractivity contribution in [1.82, 2.24) is 10.6 Å². The molecule has 0 spiro atoms. The molecular formula is C16H30N2O3. The summed E-state index contributed by atoms with van der Waals surface area (Å²) < 4.78 is 5.07. The van der Waals surface area contributed by atoms with E-state index in [0.29, 0.717) is 13.0 Å². The highest BCUT2D eigenvalue weighted by molar-refractivity contribution is 5.75. The summed E-state index contributed by atoms with van der Waals surface area (Å²) in [5.41, 5.74) is 0. The van der Waals surface area contributed by atoms with Crippen LogP contribution in [0.4, 0.5) is 4.79 Å². The van der Waals surface area contributed by atoms with Crippen LogP contribution in [-0.2, 0) is 9.53 Å². The molecule has 0 saturated heterocycles. The maximum absolute atomic E-state index is 11.6. The van der Waals surface area contributed by atoms with Gasteiger partial charge in [0.2, 0.25) is 5.91 Å². The molecule has 0 heterocycles. The zero-order chi connectivity index (χ0) is 15.3. The first-order valence-electron chi connectivity index (χ1n) is 8.42. The first kappa shape index (κ1) is 17.8. The van der Waals surface area contributed by atoms with E-state index in [1.807, 2.05) is 0 Å². The van der Waals surface area contributed by atoms with Gasteiger partial charge in [0.05, 0.1) is 6.54 Å². The first-order valence-corrected chi connectivity index (χ1v) is 8.42. The summed E-state index contributed by atoms with van der Waals surface area (Å²) in [5.74, 6) is 0.0439. The van der Waals surface area contributed by atoms with E-state index in [1.54, 1.807) is 0 Å². The Morgan fingerprint density at radius 3 is 2.57 bits per heavy atom. The fourth-order valence-corrected chi connectivity index (χ4v) is 2.59. The molecule has 5 heteroatoms. The SMILES string of the molecule is CCCCCCC(=O)NCCOC(=O)NC1CCCCC1. The molecule has 5 nitrogen and oxygen atoms in total. The van der Waals surface area contributed by atoms with E-state index in [2.05, 4.69) is 17.6 Å². The number of unbranched alkanes of at least 4 members (excludes halogenated alkanes) is 3. The minimum Gasteiger partial charge on any atom is -0.448 e. The number of ether oxygens (including phenoxy) is 1. The van der Waals surface area contributed by atoms with Gasteiger partial charge in [-0.15, -0.1) is 0 Å². The topological polar surface area (TPSA) is 67.4 Å². The van der Waals surface area contributed by atoms with E-state index in [9.17, 15) is 9.59 Å². The minimum absolute atomic E-state index is 0.0439. The summed E-state index contributed by atoms with van der Waals surface area (Å²) in [5, 5.41) is 5.66. The lowest BCUT2D eigenvalue weighted by Crippen LogP contribution is -2.38. The molecule has 0 aromatic heterocycles. The van der Waals surface area contributed by atoms with E-state index in [1.165, 1.54) is 32.1 Å². The molecule has 21 heavy (non-hydrogen) atoms. The van der Waals surface area contributed by atoms with Crippen molar-refractivity contribution in [3.63, 3.8) is 0 Å². The number of amides is 2. The second-order valence-corrected chi connectivity index (χ2v) is 5.78. The van der Waals surface area contributed by atoms with E-state index >= 15 is 0 Å². The van der Waals surface area contributed by atoms with Crippen LogP contribution in [0.5, 0.6) is 0 Å². The summed E-state index contributed by atoms with van der Waals surface area (Å²) in [6.45, 7) is 2.78. The van der Waals surface area contributed by atoms with Gasteiger partial charge < -0.3 is 15.4 Å². The second-order valence-electron chi connectivity index (χ2n) is 5.78. The third kappa shape index (κ3) is 9.32. The highest BCUT2D eigenvalue weighted by Crippen LogP contribution is 2.17. The molecule has 1 aliphatic rings. The van der Waals surface area contributed by atoms with E-state index in [0.717, 1.165) is 25.7 Å². The minimum atomic E-state index is -0.362. The molecule has 0 aromatic carbocycles. The average molecular weight is 298 g/mol. The maximum Gasteiger partial charge on any atom is 0.407 e.